The molecule has 1 saturated heterocycles. The third-order valence-electron chi connectivity index (χ3n) is 3.92. The van der Waals surface area contributed by atoms with E-state index in [-0.39, 0.29) is 43.2 Å². The average Bonchev–Trinajstić information content (AvgIpc) is 2.61. The fraction of sp³-hybridized carbons (Fsp3) is 0.438. The van der Waals surface area contributed by atoms with E-state index in [2.05, 4.69) is 5.32 Å². The van der Waals surface area contributed by atoms with Crippen molar-refractivity contribution in [2.45, 2.75) is 18.9 Å². The molecule has 0 aliphatic carbocycles. The van der Waals surface area contributed by atoms with Gasteiger partial charge in [-0.1, -0.05) is 0 Å². The molecular formula is C16H19N3O7. The number of hydrogen-bond acceptors (Lipinski definition) is 6. The summed E-state index contributed by atoms with van der Waals surface area (Å²) in [5.74, 6) is -1.72. The first-order valence-electron chi connectivity index (χ1n) is 8.00. The van der Waals surface area contributed by atoms with E-state index in [1.807, 2.05) is 0 Å². The van der Waals surface area contributed by atoms with E-state index in [9.17, 15) is 24.5 Å². The Balaban J connectivity index is 1.83. The minimum absolute atomic E-state index is 0.0227. The van der Waals surface area contributed by atoms with Crippen LogP contribution in [0.2, 0.25) is 0 Å². The zero-order valence-electron chi connectivity index (χ0n) is 13.9. The molecular weight excluding hydrogens is 346 g/mol. The summed E-state index contributed by atoms with van der Waals surface area (Å²) >= 11 is 0. The second kappa shape index (κ2) is 8.90. The Labute approximate surface area is 148 Å². The van der Waals surface area contributed by atoms with Crippen molar-refractivity contribution >= 4 is 23.5 Å². The number of amides is 2. The zero-order valence-corrected chi connectivity index (χ0v) is 13.9. The summed E-state index contributed by atoms with van der Waals surface area (Å²) in [4.78, 5) is 46.6. The molecule has 10 heteroatoms. The largest absolute Gasteiger partial charge is 0.481 e. The highest BCUT2D eigenvalue weighted by Crippen LogP contribution is 2.13. The van der Waals surface area contributed by atoms with Gasteiger partial charge in [-0.25, -0.2) is 0 Å². The summed E-state index contributed by atoms with van der Waals surface area (Å²) in [6.07, 6.45) is -0.171. The Kier molecular flexibility index (Phi) is 6.61. The van der Waals surface area contributed by atoms with E-state index in [0.29, 0.717) is 13.2 Å². The number of non-ortho nitro benzene ring substituents is 1. The lowest BCUT2D eigenvalue weighted by atomic mass is 10.1. The number of aliphatic carboxylic acids is 1. The Morgan fingerprint density at radius 1 is 1.31 bits per heavy atom. The highest BCUT2D eigenvalue weighted by atomic mass is 16.6. The Morgan fingerprint density at radius 3 is 2.62 bits per heavy atom. The van der Waals surface area contributed by atoms with Crippen molar-refractivity contribution in [2.75, 3.05) is 26.3 Å². The first-order chi connectivity index (χ1) is 12.4. The number of carboxylic acids is 1. The summed E-state index contributed by atoms with van der Waals surface area (Å²) in [5.41, 5.74) is 0.131. The highest BCUT2D eigenvalue weighted by molar-refractivity contribution is 5.94. The van der Waals surface area contributed by atoms with Crippen LogP contribution in [0.3, 0.4) is 0 Å². The van der Waals surface area contributed by atoms with E-state index in [1.165, 1.54) is 29.2 Å². The van der Waals surface area contributed by atoms with Crippen LogP contribution in [0, 0.1) is 10.1 Å². The van der Waals surface area contributed by atoms with Crippen LogP contribution in [0.4, 0.5) is 5.69 Å². The molecule has 2 amide bonds. The normalized spacial score (nSPS) is 16.8. The Morgan fingerprint density at radius 2 is 2.00 bits per heavy atom. The van der Waals surface area contributed by atoms with Gasteiger partial charge in [0.15, 0.2) is 0 Å². The van der Waals surface area contributed by atoms with Crippen molar-refractivity contribution < 1.29 is 29.2 Å². The fourth-order valence-corrected chi connectivity index (χ4v) is 2.62. The fourth-order valence-electron chi connectivity index (χ4n) is 2.62. The molecule has 1 aliphatic heterocycles. The maximum atomic E-state index is 12.3. The molecule has 140 valence electrons. The number of rotatable bonds is 7. The number of carboxylic acid groups (broad SMARTS) is 1. The monoisotopic (exact) mass is 365 g/mol. The maximum absolute atomic E-state index is 12.3. The molecule has 0 aromatic heterocycles. The molecule has 0 saturated carbocycles. The first-order valence-corrected chi connectivity index (χ1v) is 8.00. The van der Waals surface area contributed by atoms with Gasteiger partial charge in [0.2, 0.25) is 5.91 Å². The number of nitro groups is 1. The lowest BCUT2D eigenvalue weighted by Gasteiger charge is -2.34. The second-order valence-corrected chi connectivity index (χ2v) is 5.72. The zero-order chi connectivity index (χ0) is 19.1. The molecule has 0 spiro atoms. The summed E-state index contributed by atoms with van der Waals surface area (Å²) in [7, 11) is 0. The number of morpholine rings is 1. The molecule has 26 heavy (non-hydrogen) atoms. The van der Waals surface area contributed by atoms with Crippen molar-refractivity contribution in [3.63, 3.8) is 0 Å². The summed E-state index contributed by atoms with van der Waals surface area (Å²) < 4.78 is 5.22. The number of nitrogens with zero attached hydrogens (tertiary/aromatic N) is 2. The first kappa shape index (κ1) is 19.3. The molecule has 0 bridgehead atoms. The average molecular weight is 365 g/mol. The van der Waals surface area contributed by atoms with Crippen LogP contribution in [0.5, 0.6) is 0 Å². The van der Waals surface area contributed by atoms with Crippen molar-refractivity contribution in [1.29, 1.82) is 0 Å². The maximum Gasteiger partial charge on any atom is 0.305 e. The predicted molar refractivity (Wildman–Crippen MR) is 88.6 cm³/mol. The molecule has 1 heterocycles. The van der Waals surface area contributed by atoms with Gasteiger partial charge in [-0.15, -0.1) is 0 Å². The van der Waals surface area contributed by atoms with Crippen LogP contribution in [-0.4, -0.2) is 65.1 Å². The molecule has 10 nitrogen and oxygen atoms in total. The molecule has 1 atom stereocenters. The number of hydrogen-bond donors (Lipinski definition) is 2. The standard InChI is InChI=1S/C16H19N3O7/c20-14(18-7-8-26-10-13(18)9-15(21)22)5-6-17-16(23)11-1-3-12(4-2-11)19(24)25/h1-4,13H,5-10H2,(H,17,23)(H,21,22). The molecule has 1 aromatic rings. The van der Waals surface area contributed by atoms with E-state index in [4.69, 9.17) is 9.84 Å². The van der Waals surface area contributed by atoms with E-state index < -0.39 is 22.8 Å². The number of benzene rings is 1. The summed E-state index contributed by atoms with van der Waals surface area (Å²) in [6, 6.07) is 4.61. The number of carbonyl (C=O) groups excluding carboxylic acids is 2. The van der Waals surface area contributed by atoms with Gasteiger partial charge in [0, 0.05) is 37.2 Å². The third-order valence-corrected chi connectivity index (χ3v) is 3.92. The number of nitrogens with one attached hydrogen (secondary N) is 1. The third kappa shape index (κ3) is 5.24. The minimum atomic E-state index is -1.01. The van der Waals surface area contributed by atoms with E-state index >= 15 is 0 Å². The van der Waals surface area contributed by atoms with Crippen molar-refractivity contribution in [3.05, 3.63) is 39.9 Å². The van der Waals surface area contributed by atoms with Crippen LogP contribution in [0.25, 0.3) is 0 Å². The van der Waals surface area contributed by atoms with Gasteiger partial charge in [-0.05, 0) is 12.1 Å². The van der Waals surface area contributed by atoms with Gasteiger partial charge in [-0.2, -0.15) is 0 Å². The molecule has 0 radical (unpaired) electrons. The number of nitro benzene ring substituents is 1. The van der Waals surface area contributed by atoms with E-state index in [0.717, 1.165) is 0 Å². The van der Waals surface area contributed by atoms with Crippen LogP contribution in [0.1, 0.15) is 23.2 Å². The second-order valence-electron chi connectivity index (χ2n) is 5.72. The molecule has 1 aliphatic rings. The van der Waals surface area contributed by atoms with Gasteiger partial charge in [0.25, 0.3) is 11.6 Å². The number of carbonyl (C=O) groups is 3. The summed E-state index contributed by atoms with van der Waals surface area (Å²) in [6.45, 7) is 0.906. The Bertz CT molecular complexity index is 690. The Hall–Kier alpha value is -3.01. The molecule has 2 N–H and O–H groups in total. The van der Waals surface area contributed by atoms with Crippen molar-refractivity contribution in [2.24, 2.45) is 0 Å². The summed E-state index contributed by atoms with van der Waals surface area (Å²) in [5, 5.41) is 22.1. The highest BCUT2D eigenvalue weighted by Gasteiger charge is 2.28. The van der Waals surface area contributed by atoms with Crippen LogP contribution in [0.15, 0.2) is 24.3 Å². The molecule has 2 rings (SSSR count). The van der Waals surface area contributed by atoms with Gasteiger partial charge in [0.05, 0.1) is 30.6 Å². The number of ether oxygens (including phenoxy) is 1. The van der Waals surface area contributed by atoms with Gasteiger partial charge in [-0.3, -0.25) is 24.5 Å². The van der Waals surface area contributed by atoms with Gasteiger partial charge < -0.3 is 20.1 Å². The van der Waals surface area contributed by atoms with Crippen LogP contribution < -0.4 is 5.32 Å². The predicted octanol–water partition coefficient (Wildman–Crippen LogP) is 0.417. The van der Waals surface area contributed by atoms with E-state index in [1.54, 1.807) is 0 Å². The quantitative estimate of drug-likeness (QED) is 0.527. The van der Waals surface area contributed by atoms with Crippen molar-refractivity contribution in [1.82, 2.24) is 10.2 Å². The molecule has 1 fully saturated rings. The lowest BCUT2D eigenvalue weighted by Crippen LogP contribution is -2.50. The van der Waals surface area contributed by atoms with Crippen LogP contribution >= 0.6 is 0 Å². The SMILES string of the molecule is O=C(O)CC1COCCN1C(=O)CCNC(=O)c1ccc([N+](=O)[O-])cc1. The topological polar surface area (TPSA) is 139 Å². The van der Waals surface area contributed by atoms with Gasteiger partial charge >= 0.3 is 5.97 Å². The molecule has 1 aromatic carbocycles. The van der Waals surface area contributed by atoms with Gasteiger partial charge in [0.1, 0.15) is 0 Å². The smallest absolute Gasteiger partial charge is 0.305 e. The van der Waals surface area contributed by atoms with Crippen molar-refractivity contribution in [3.8, 4) is 0 Å². The van der Waals surface area contributed by atoms with Crippen LogP contribution in [-0.2, 0) is 14.3 Å². The lowest BCUT2D eigenvalue weighted by molar-refractivity contribution is -0.384. The molecule has 1 unspecified atom stereocenters. The minimum Gasteiger partial charge on any atom is -0.481 e.